The average molecular weight is 330 g/mol. The van der Waals surface area contributed by atoms with Crippen molar-refractivity contribution in [3.8, 4) is 5.69 Å². The summed E-state index contributed by atoms with van der Waals surface area (Å²) in [5.74, 6) is -0.121. The van der Waals surface area contributed by atoms with Crippen molar-refractivity contribution in [3.63, 3.8) is 0 Å². The fraction of sp³-hybridized carbons (Fsp3) is 0.389. The number of ether oxygens (including phenoxy) is 2. The molecular weight excluding hydrogens is 308 g/mol. The fourth-order valence-corrected chi connectivity index (χ4v) is 2.45. The summed E-state index contributed by atoms with van der Waals surface area (Å²) < 4.78 is 12.1. The molecule has 128 valence electrons. The topological polar surface area (TPSA) is 70.4 Å². The van der Waals surface area contributed by atoms with E-state index in [1.807, 2.05) is 18.4 Å². The van der Waals surface area contributed by atoms with E-state index in [0.29, 0.717) is 29.4 Å². The van der Waals surface area contributed by atoms with Crippen LogP contribution in [0.3, 0.4) is 0 Å². The summed E-state index contributed by atoms with van der Waals surface area (Å²) in [5.41, 5.74) is 2.29. The van der Waals surface area contributed by atoms with E-state index in [-0.39, 0.29) is 12.1 Å². The van der Waals surface area contributed by atoms with Crippen LogP contribution < -0.4 is 0 Å². The molecule has 0 amide bonds. The number of hydrogen-bond donors (Lipinski definition) is 0. The van der Waals surface area contributed by atoms with Crippen molar-refractivity contribution in [3.05, 3.63) is 47.0 Å². The molecule has 0 bridgehead atoms. The first kappa shape index (κ1) is 17.7. The Bertz CT molecular complexity index is 745. The molecule has 2 aromatic rings. The largest absolute Gasteiger partial charge is 0.462 e. The van der Waals surface area contributed by atoms with E-state index in [2.05, 4.69) is 4.98 Å². The van der Waals surface area contributed by atoms with E-state index in [1.165, 1.54) is 0 Å². The van der Waals surface area contributed by atoms with Gasteiger partial charge in [0.1, 0.15) is 5.82 Å². The van der Waals surface area contributed by atoms with Gasteiger partial charge in [0.2, 0.25) is 0 Å². The maximum absolute atomic E-state index is 12.1. The molecule has 24 heavy (non-hydrogen) atoms. The van der Waals surface area contributed by atoms with Crippen LogP contribution >= 0.6 is 0 Å². The van der Waals surface area contributed by atoms with Crippen LogP contribution in [-0.2, 0) is 9.47 Å². The van der Waals surface area contributed by atoms with Crippen LogP contribution in [-0.4, -0.2) is 34.2 Å². The summed E-state index contributed by atoms with van der Waals surface area (Å²) in [4.78, 5) is 28.2. The quantitative estimate of drug-likeness (QED) is 0.787. The molecule has 0 saturated carbocycles. The van der Waals surface area contributed by atoms with Gasteiger partial charge in [0.25, 0.3) is 0 Å². The highest BCUT2D eigenvalue weighted by atomic mass is 16.5. The molecule has 0 fully saturated rings. The molecular formula is C18H22N2O4. The molecule has 0 aliphatic carbocycles. The second-order valence-electron chi connectivity index (χ2n) is 5.65. The Morgan fingerprint density at radius 3 is 2.29 bits per heavy atom. The maximum Gasteiger partial charge on any atom is 0.359 e. The molecule has 0 N–H and O–H groups in total. The predicted octanol–water partition coefficient (Wildman–Crippen LogP) is 3.23. The standard InChI is InChI=1S/C18H22N2O4/c1-6-23-17(21)14-7-9-15(10-8-14)20-12(4)16(19-13(20)5)18(22)24-11(2)3/h7-11H,6H2,1-5H3. The zero-order valence-corrected chi connectivity index (χ0v) is 14.6. The maximum atomic E-state index is 12.1. The van der Waals surface area contributed by atoms with Gasteiger partial charge in [-0.05, 0) is 58.9 Å². The minimum Gasteiger partial charge on any atom is -0.462 e. The van der Waals surface area contributed by atoms with Crippen LogP contribution in [0, 0.1) is 13.8 Å². The number of hydrogen-bond acceptors (Lipinski definition) is 5. The van der Waals surface area contributed by atoms with Crippen molar-refractivity contribution < 1.29 is 19.1 Å². The second kappa shape index (κ2) is 7.29. The third-order valence-corrected chi connectivity index (χ3v) is 3.45. The fourth-order valence-electron chi connectivity index (χ4n) is 2.45. The third-order valence-electron chi connectivity index (χ3n) is 3.45. The Labute approximate surface area is 141 Å². The van der Waals surface area contributed by atoms with Crippen LogP contribution in [0.2, 0.25) is 0 Å². The molecule has 2 rings (SSSR count). The van der Waals surface area contributed by atoms with Crippen LogP contribution in [0.5, 0.6) is 0 Å². The van der Waals surface area contributed by atoms with Crippen molar-refractivity contribution in [1.29, 1.82) is 0 Å². The highest BCUT2D eigenvalue weighted by Gasteiger charge is 2.20. The van der Waals surface area contributed by atoms with Gasteiger partial charge >= 0.3 is 11.9 Å². The SMILES string of the molecule is CCOC(=O)c1ccc(-n2c(C)nc(C(=O)OC(C)C)c2C)cc1. The molecule has 1 aromatic heterocycles. The second-order valence-corrected chi connectivity index (χ2v) is 5.65. The number of carbonyl (C=O) groups is 2. The van der Waals surface area contributed by atoms with Gasteiger partial charge in [-0.15, -0.1) is 0 Å². The van der Waals surface area contributed by atoms with E-state index < -0.39 is 5.97 Å². The zero-order valence-electron chi connectivity index (χ0n) is 14.6. The number of esters is 2. The Morgan fingerprint density at radius 1 is 1.12 bits per heavy atom. The molecule has 0 unspecified atom stereocenters. The Morgan fingerprint density at radius 2 is 1.75 bits per heavy atom. The van der Waals surface area contributed by atoms with E-state index in [9.17, 15) is 9.59 Å². The molecule has 0 radical (unpaired) electrons. The lowest BCUT2D eigenvalue weighted by molar-refractivity contribution is 0.0369. The molecule has 0 saturated heterocycles. The average Bonchev–Trinajstić information content (AvgIpc) is 2.82. The molecule has 0 spiro atoms. The first-order valence-corrected chi connectivity index (χ1v) is 7.89. The minimum atomic E-state index is -0.438. The minimum absolute atomic E-state index is 0.203. The molecule has 0 atom stereocenters. The smallest absolute Gasteiger partial charge is 0.359 e. The summed E-state index contributed by atoms with van der Waals surface area (Å²) in [6.07, 6.45) is -0.203. The Balaban J connectivity index is 2.34. The number of benzene rings is 1. The summed E-state index contributed by atoms with van der Waals surface area (Å²) in [6.45, 7) is 9.33. The van der Waals surface area contributed by atoms with E-state index in [0.717, 1.165) is 5.69 Å². The summed E-state index contributed by atoms with van der Waals surface area (Å²) >= 11 is 0. The van der Waals surface area contributed by atoms with Crippen molar-refractivity contribution in [1.82, 2.24) is 9.55 Å². The molecule has 0 aliphatic heterocycles. The number of carbonyl (C=O) groups excluding carboxylic acids is 2. The van der Waals surface area contributed by atoms with Gasteiger partial charge in [-0.1, -0.05) is 0 Å². The lowest BCUT2D eigenvalue weighted by Crippen LogP contribution is -2.13. The van der Waals surface area contributed by atoms with Gasteiger partial charge < -0.3 is 14.0 Å². The molecule has 6 nitrogen and oxygen atoms in total. The summed E-state index contributed by atoms with van der Waals surface area (Å²) in [7, 11) is 0. The Hall–Kier alpha value is -2.63. The molecule has 6 heteroatoms. The zero-order chi connectivity index (χ0) is 17.9. The normalized spacial score (nSPS) is 10.8. The monoisotopic (exact) mass is 330 g/mol. The van der Waals surface area contributed by atoms with Crippen molar-refractivity contribution >= 4 is 11.9 Å². The van der Waals surface area contributed by atoms with Gasteiger partial charge in [-0.25, -0.2) is 14.6 Å². The predicted molar refractivity (Wildman–Crippen MR) is 89.5 cm³/mol. The first-order chi connectivity index (χ1) is 11.3. The molecule has 0 aliphatic rings. The number of nitrogens with zero attached hydrogens (tertiary/aromatic N) is 2. The van der Waals surface area contributed by atoms with Crippen LogP contribution in [0.4, 0.5) is 0 Å². The number of aromatic nitrogens is 2. The highest BCUT2D eigenvalue weighted by Crippen LogP contribution is 2.19. The van der Waals surface area contributed by atoms with Crippen molar-refractivity contribution in [2.45, 2.75) is 40.7 Å². The molecule has 1 heterocycles. The van der Waals surface area contributed by atoms with Crippen molar-refractivity contribution in [2.75, 3.05) is 6.61 Å². The van der Waals surface area contributed by atoms with E-state index in [1.54, 1.807) is 45.0 Å². The van der Waals surface area contributed by atoms with Crippen LogP contribution in [0.25, 0.3) is 5.69 Å². The number of aryl methyl sites for hydroxylation is 1. The molecule has 1 aromatic carbocycles. The van der Waals surface area contributed by atoms with Gasteiger partial charge in [0.05, 0.1) is 24.0 Å². The van der Waals surface area contributed by atoms with E-state index in [4.69, 9.17) is 9.47 Å². The van der Waals surface area contributed by atoms with E-state index >= 15 is 0 Å². The summed E-state index contributed by atoms with van der Waals surface area (Å²) in [6, 6.07) is 6.98. The van der Waals surface area contributed by atoms with Gasteiger partial charge in [0, 0.05) is 5.69 Å². The van der Waals surface area contributed by atoms with Gasteiger partial charge in [-0.2, -0.15) is 0 Å². The first-order valence-electron chi connectivity index (χ1n) is 7.89. The van der Waals surface area contributed by atoms with Crippen LogP contribution in [0.15, 0.2) is 24.3 Å². The van der Waals surface area contributed by atoms with Crippen molar-refractivity contribution in [2.24, 2.45) is 0 Å². The lowest BCUT2D eigenvalue weighted by Gasteiger charge is -2.10. The summed E-state index contributed by atoms with van der Waals surface area (Å²) in [5, 5.41) is 0. The lowest BCUT2D eigenvalue weighted by atomic mass is 10.2. The van der Waals surface area contributed by atoms with Crippen LogP contribution in [0.1, 0.15) is 53.1 Å². The van der Waals surface area contributed by atoms with Gasteiger partial charge in [0.15, 0.2) is 5.69 Å². The third kappa shape index (κ3) is 3.64. The highest BCUT2D eigenvalue weighted by molar-refractivity contribution is 5.90. The Kier molecular flexibility index (Phi) is 5.39. The number of imidazole rings is 1. The van der Waals surface area contributed by atoms with Gasteiger partial charge in [-0.3, -0.25) is 0 Å². The number of rotatable bonds is 5.